The van der Waals surface area contributed by atoms with Crippen LogP contribution in [0.4, 0.5) is 0 Å². The number of ether oxygens (including phenoxy) is 1. The number of aromatic nitrogens is 5. The van der Waals surface area contributed by atoms with Crippen LogP contribution in [0, 0.1) is 13.8 Å². The van der Waals surface area contributed by atoms with Crippen molar-refractivity contribution in [2.75, 3.05) is 13.7 Å². The molecule has 0 spiro atoms. The van der Waals surface area contributed by atoms with Crippen molar-refractivity contribution in [2.45, 2.75) is 20.4 Å². The Hall–Kier alpha value is -3.49. The third-order valence-electron chi connectivity index (χ3n) is 3.90. The Bertz CT molecular complexity index is 1020. The number of rotatable bonds is 6. The molecular formula is C18H20N6O3. The molecule has 0 saturated carbocycles. The number of methoxy groups -OCH3 is 1. The van der Waals surface area contributed by atoms with Gasteiger partial charge in [0.1, 0.15) is 5.56 Å². The molecule has 0 unspecified atom stereocenters. The van der Waals surface area contributed by atoms with Gasteiger partial charge in [-0.3, -0.25) is 9.59 Å². The second kappa shape index (κ2) is 7.81. The monoisotopic (exact) mass is 368 g/mol. The summed E-state index contributed by atoms with van der Waals surface area (Å²) in [6, 6.07) is 8.26. The Balaban J connectivity index is 1.71. The van der Waals surface area contributed by atoms with E-state index in [4.69, 9.17) is 4.74 Å². The van der Waals surface area contributed by atoms with Crippen LogP contribution in [0.5, 0.6) is 5.88 Å². The molecule has 0 radical (unpaired) electrons. The highest BCUT2D eigenvalue weighted by Crippen LogP contribution is 2.13. The van der Waals surface area contributed by atoms with E-state index >= 15 is 0 Å². The molecule has 0 aliphatic carbocycles. The largest absolute Gasteiger partial charge is 0.480 e. The maximum absolute atomic E-state index is 12.3. The van der Waals surface area contributed by atoms with Gasteiger partial charge in [-0.05, 0) is 38.1 Å². The van der Waals surface area contributed by atoms with Crippen molar-refractivity contribution < 1.29 is 9.53 Å². The van der Waals surface area contributed by atoms with Crippen molar-refractivity contribution in [2.24, 2.45) is 0 Å². The van der Waals surface area contributed by atoms with Gasteiger partial charge < -0.3 is 10.1 Å². The smallest absolute Gasteiger partial charge is 0.266 e. The molecule has 0 aromatic carbocycles. The normalized spacial score (nSPS) is 10.6. The number of carbonyl (C=O) groups excluding carboxylic acids is 1. The summed E-state index contributed by atoms with van der Waals surface area (Å²) < 4.78 is 8.05. The van der Waals surface area contributed by atoms with Gasteiger partial charge in [-0.15, -0.1) is 5.10 Å². The van der Waals surface area contributed by atoms with Crippen LogP contribution in [0.2, 0.25) is 0 Å². The van der Waals surface area contributed by atoms with Crippen LogP contribution < -0.4 is 15.6 Å². The van der Waals surface area contributed by atoms with Gasteiger partial charge in [0.05, 0.1) is 19.3 Å². The lowest BCUT2D eigenvalue weighted by molar-refractivity contribution is 0.0948. The molecule has 0 aliphatic rings. The number of hydrogen-bond donors (Lipinski definition) is 1. The standard InChI is InChI=1S/C18H20N6O3/c1-12-11-13(2)24(21-12)15-6-7-16(25)23(22-15)10-9-19-17(26)14-5-4-8-20-18(14)27-3/h4-8,11H,9-10H2,1-3H3,(H,19,26). The van der Waals surface area contributed by atoms with Crippen molar-refractivity contribution in [1.82, 2.24) is 29.9 Å². The number of carbonyl (C=O) groups is 1. The van der Waals surface area contributed by atoms with Crippen molar-refractivity contribution in [3.05, 3.63) is 63.8 Å². The first-order valence-electron chi connectivity index (χ1n) is 8.38. The molecule has 9 heteroatoms. The average molecular weight is 368 g/mol. The summed E-state index contributed by atoms with van der Waals surface area (Å²) in [6.45, 7) is 4.26. The molecule has 0 aliphatic heterocycles. The van der Waals surface area contributed by atoms with Gasteiger partial charge in [-0.2, -0.15) is 5.10 Å². The third kappa shape index (κ3) is 4.02. The lowest BCUT2D eigenvalue weighted by Crippen LogP contribution is -2.32. The summed E-state index contributed by atoms with van der Waals surface area (Å²) in [7, 11) is 1.45. The van der Waals surface area contributed by atoms with Gasteiger partial charge in [-0.25, -0.2) is 14.3 Å². The maximum atomic E-state index is 12.3. The van der Waals surface area contributed by atoms with Gasteiger partial charge in [0, 0.05) is 24.5 Å². The zero-order valence-corrected chi connectivity index (χ0v) is 15.3. The molecule has 1 amide bonds. The molecule has 0 atom stereocenters. The number of hydrogen-bond acceptors (Lipinski definition) is 6. The lowest BCUT2D eigenvalue weighted by Gasteiger charge is -2.10. The van der Waals surface area contributed by atoms with E-state index in [0.717, 1.165) is 11.4 Å². The minimum absolute atomic E-state index is 0.223. The second-order valence-corrected chi connectivity index (χ2v) is 5.91. The van der Waals surface area contributed by atoms with Gasteiger partial charge >= 0.3 is 0 Å². The predicted octanol–water partition coefficient (Wildman–Crippen LogP) is 0.879. The molecule has 3 aromatic heterocycles. The number of nitrogens with one attached hydrogen (secondary N) is 1. The molecule has 0 bridgehead atoms. The minimum atomic E-state index is -0.331. The van der Waals surface area contributed by atoms with Crippen LogP contribution in [0.15, 0.2) is 41.3 Å². The number of amides is 1. The fraction of sp³-hybridized carbons (Fsp3) is 0.278. The quantitative estimate of drug-likeness (QED) is 0.693. The molecule has 3 heterocycles. The highest BCUT2D eigenvalue weighted by atomic mass is 16.5. The van der Waals surface area contributed by atoms with Crippen molar-refractivity contribution in [3.63, 3.8) is 0 Å². The third-order valence-corrected chi connectivity index (χ3v) is 3.90. The van der Waals surface area contributed by atoms with Gasteiger partial charge in [-0.1, -0.05) is 0 Å². The second-order valence-electron chi connectivity index (χ2n) is 5.91. The summed E-state index contributed by atoms with van der Waals surface area (Å²) in [5, 5.41) is 11.4. The molecule has 140 valence electrons. The lowest BCUT2D eigenvalue weighted by atomic mass is 10.2. The highest BCUT2D eigenvalue weighted by molar-refractivity contribution is 5.96. The molecule has 9 nitrogen and oxygen atoms in total. The zero-order chi connectivity index (χ0) is 19.4. The molecular weight excluding hydrogens is 348 g/mol. The first kappa shape index (κ1) is 18.3. The minimum Gasteiger partial charge on any atom is -0.480 e. The summed E-state index contributed by atoms with van der Waals surface area (Å²) >= 11 is 0. The summed E-state index contributed by atoms with van der Waals surface area (Å²) in [6.07, 6.45) is 1.55. The molecule has 0 saturated heterocycles. The highest BCUT2D eigenvalue weighted by Gasteiger charge is 2.12. The summed E-state index contributed by atoms with van der Waals surface area (Å²) in [4.78, 5) is 28.3. The van der Waals surface area contributed by atoms with Crippen molar-refractivity contribution in [1.29, 1.82) is 0 Å². The Morgan fingerprint density at radius 2 is 2.04 bits per heavy atom. The summed E-state index contributed by atoms with van der Waals surface area (Å²) in [5.74, 6) is 0.458. The Morgan fingerprint density at radius 1 is 1.22 bits per heavy atom. The van der Waals surface area contributed by atoms with Gasteiger partial charge in [0.15, 0.2) is 5.82 Å². The first-order chi connectivity index (χ1) is 13.0. The van der Waals surface area contributed by atoms with Gasteiger partial charge in [0.25, 0.3) is 11.5 Å². The SMILES string of the molecule is COc1ncccc1C(=O)NCCn1nc(-n2nc(C)cc2C)ccc1=O. The fourth-order valence-electron chi connectivity index (χ4n) is 2.67. The number of pyridine rings is 1. The molecule has 1 N–H and O–H groups in total. The Kier molecular flexibility index (Phi) is 5.30. The van der Waals surface area contributed by atoms with Crippen molar-refractivity contribution >= 4 is 5.91 Å². The van der Waals surface area contributed by atoms with E-state index in [1.165, 1.54) is 17.9 Å². The van der Waals surface area contributed by atoms with Crippen molar-refractivity contribution in [3.8, 4) is 11.7 Å². The van der Waals surface area contributed by atoms with Crippen LogP contribution in [0.3, 0.4) is 0 Å². The van der Waals surface area contributed by atoms with E-state index in [-0.39, 0.29) is 30.4 Å². The van der Waals surface area contributed by atoms with Crippen LogP contribution >= 0.6 is 0 Å². The molecule has 3 rings (SSSR count). The average Bonchev–Trinajstić information content (AvgIpc) is 3.01. The summed E-state index contributed by atoms with van der Waals surface area (Å²) in [5.41, 5.74) is 1.86. The van der Waals surface area contributed by atoms with E-state index in [0.29, 0.717) is 11.4 Å². The Labute approximate surface area is 155 Å². The van der Waals surface area contributed by atoms with E-state index < -0.39 is 0 Å². The number of aryl methyl sites for hydroxylation is 2. The maximum Gasteiger partial charge on any atom is 0.266 e. The Morgan fingerprint density at radius 3 is 2.74 bits per heavy atom. The molecule has 0 fully saturated rings. The molecule has 27 heavy (non-hydrogen) atoms. The fourth-order valence-corrected chi connectivity index (χ4v) is 2.67. The topological polar surface area (TPSA) is 104 Å². The van der Waals surface area contributed by atoms with Gasteiger partial charge in [0.2, 0.25) is 5.88 Å². The van der Waals surface area contributed by atoms with Crippen LogP contribution in [-0.2, 0) is 6.54 Å². The zero-order valence-electron chi connectivity index (χ0n) is 15.3. The van der Waals surface area contributed by atoms with E-state index in [2.05, 4.69) is 20.5 Å². The van der Waals surface area contributed by atoms with Crippen LogP contribution in [-0.4, -0.2) is 44.1 Å². The number of nitrogens with zero attached hydrogens (tertiary/aromatic N) is 5. The predicted molar refractivity (Wildman–Crippen MR) is 98.2 cm³/mol. The van der Waals surface area contributed by atoms with E-state index in [9.17, 15) is 9.59 Å². The van der Waals surface area contributed by atoms with Crippen LogP contribution in [0.1, 0.15) is 21.7 Å². The molecule has 3 aromatic rings. The van der Waals surface area contributed by atoms with E-state index in [1.54, 1.807) is 29.1 Å². The van der Waals surface area contributed by atoms with E-state index in [1.807, 2.05) is 19.9 Å². The van der Waals surface area contributed by atoms with Crippen LogP contribution in [0.25, 0.3) is 5.82 Å². The first-order valence-corrected chi connectivity index (χ1v) is 8.38.